The molecule has 0 unspecified atom stereocenters. The zero-order chi connectivity index (χ0) is 16.4. The molecule has 2 aromatic rings. The van der Waals surface area contributed by atoms with Crippen LogP contribution in [0.5, 0.6) is 5.75 Å². The van der Waals surface area contributed by atoms with Gasteiger partial charge in [0.25, 0.3) is 0 Å². The van der Waals surface area contributed by atoms with Crippen molar-refractivity contribution in [3.63, 3.8) is 0 Å². The lowest BCUT2D eigenvalue weighted by molar-refractivity contribution is -0.135. The SMILES string of the molecule is CCc1nc2cc(C)c(Cl)cc2c(OC(=O)CC(C)C)c1C. The number of ether oxygens (including phenoxy) is 1. The van der Waals surface area contributed by atoms with Crippen LogP contribution in [0.1, 0.15) is 44.0 Å². The van der Waals surface area contributed by atoms with Crippen molar-refractivity contribution in [3.05, 3.63) is 34.0 Å². The molecule has 0 fully saturated rings. The van der Waals surface area contributed by atoms with Crippen LogP contribution in [0.3, 0.4) is 0 Å². The summed E-state index contributed by atoms with van der Waals surface area (Å²) in [5, 5.41) is 1.45. The number of pyridine rings is 1. The fourth-order valence-corrected chi connectivity index (χ4v) is 2.63. The van der Waals surface area contributed by atoms with Crippen molar-refractivity contribution in [1.29, 1.82) is 0 Å². The van der Waals surface area contributed by atoms with Crippen LogP contribution >= 0.6 is 11.6 Å². The van der Waals surface area contributed by atoms with Gasteiger partial charge in [-0.05, 0) is 43.9 Å². The van der Waals surface area contributed by atoms with Gasteiger partial charge in [-0.2, -0.15) is 0 Å². The Morgan fingerprint density at radius 2 is 2.00 bits per heavy atom. The van der Waals surface area contributed by atoms with Gasteiger partial charge in [0.05, 0.1) is 5.52 Å². The Balaban J connectivity index is 2.60. The number of halogens is 1. The minimum Gasteiger partial charge on any atom is -0.425 e. The number of hydrogen-bond acceptors (Lipinski definition) is 3. The third-order valence-electron chi connectivity index (χ3n) is 3.68. The second kappa shape index (κ2) is 6.66. The molecule has 0 aliphatic carbocycles. The molecule has 0 bridgehead atoms. The molecule has 0 aliphatic heterocycles. The highest BCUT2D eigenvalue weighted by atomic mass is 35.5. The molecule has 118 valence electrons. The number of carbonyl (C=O) groups excluding carboxylic acids is 1. The molecule has 2 rings (SSSR count). The molecule has 1 aromatic carbocycles. The molecule has 4 heteroatoms. The number of hydrogen-bond donors (Lipinski definition) is 0. The van der Waals surface area contributed by atoms with E-state index in [0.29, 0.717) is 17.2 Å². The largest absolute Gasteiger partial charge is 0.425 e. The highest BCUT2D eigenvalue weighted by molar-refractivity contribution is 6.32. The van der Waals surface area contributed by atoms with E-state index < -0.39 is 0 Å². The maximum atomic E-state index is 12.1. The lowest BCUT2D eigenvalue weighted by atomic mass is 10.0. The van der Waals surface area contributed by atoms with Crippen LogP contribution in [0.4, 0.5) is 0 Å². The highest BCUT2D eigenvalue weighted by Gasteiger charge is 2.17. The van der Waals surface area contributed by atoms with Gasteiger partial charge in [0, 0.05) is 28.1 Å². The van der Waals surface area contributed by atoms with E-state index >= 15 is 0 Å². The average molecular weight is 320 g/mol. The summed E-state index contributed by atoms with van der Waals surface area (Å²) in [5.74, 6) is 0.635. The van der Waals surface area contributed by atoms with Crippen molar-refractivity contribution >= 4 is 28.5 Å². The van der Waals surface area contributed by atoms with E-state index in [0.717, 1.165) is 34.1 Å². The number of rotatable bonds is 4. The lowest BCUT2D eigenvalue weighted by Gasteiger charge is -2.15. The summed E-state index contributed by atoms with van der Waals surface area (Å²) in [5.41, 5.74) is 3.64. The Labute approximate surface area is 136 Å². The molecule has 0 atom stereocenters. The van der Waals surface area contributed by atoms with Crippen molar-refractivity contribution in [3.8, 4) is 5.75 Å². The molecular weight excluding hydrogens is 298 g/mol. The summed E-state index contributed by atoms with van der Waals surface area (Å²) in [4.78, 5) is 16.8. The molecule has 0 N–H and O–H groups in total. The zero-order valence-electron chi connectivity index (χ0n) is 13.8. The van der Waals surface area contributed by atoms with Crippen LogP contribution in [0.15, 0.2) is 12.1 Å². The monoisotopic (exact) mass is 319 g/mol. The van der Waals surface area contributed by atoms with Gasteiger partial charge in [-0.25, -0.2) is 0 Å². The van der Waals surface area contributed by atoms with Crippen LogP contribution in [-0.4, -0.2) is 11.0 Å². The zero-order valence-corrected chi connectivity index (χ0v) is 14.5. The number of nitrogens with zero attached hydrogens (tertiary/aromatic N) is 1. The number of fused-ring (bicyclic) bond motifs is 1. The summed E-state index contributed by atoms with van der Waals surface area (Å²) in [6.45, 7) is 9.92. The van der Waals surface area contributed by atoms with Crippen LogP contribution < -0.4 is 4.74 Å². The molecule has 0 saturated carbocycles. The highest BCUT2D eigenvalue weighted by Crippen LogP contribution is 2.34. The molecular formula is C18H22ClNO2. The second-order valence-corrected chi connectivity index (χ2v) is 6.46. The van der Waals surface area contributed by atoms with Gasteiger partial charge in [-0.1, -0.05) is 32.4 Å². The predicted octanol–water partition coefficient (Wildman–Crippen LogP) is 5.02. The van der Waals surface area contributed by atoms with Gasteiger partial charge < -0.3 is 4.74 Å². The molecule has 0 amide bonds. The Bertz CT molecular complexity index is 723. The van der Waals surface area contributed by atoms with Gasteiger partial charge in [-0.15, -0.1) is 0 Å². The lowest BCUT2D eigenvalue weighted by Crippen LogP contribution is -2.13. The van der Waals surface area contributed by atoms with Crippen molar-refractivity contribution in [1.82, 2.24) is 4.98 Å². The van der Waals surface area contributed by atoms with Crippen molar-refractivity contribution in [2.45, 2.75) is 47.5 Å². The van der Waals surface area contributed by atoms with Crippen LogP contribution in [0.2, 0.25) is 5.02 Å². The first kappa shape index (κ1) is 16.8. The molecule has 0 saturated heterocycles. The summed E-state index contributed by atoms with van der Waals surface area (Å²) in [6.07, 6.45) is 1.18. The minimum atomic E-state index is -0.218. The Kier molecular flexibility index (Phi) is 5.07. The third kappa shape index (κ3) is 3.41. The van der Waals surface area contributed by atoms with E-state index in [-0.39, 0.29) is 11.9 Å². The maximum Gasteiger partial charge on any atom is 0.311 e. The van der Waals surface area contributed by atoms with Gasteiger partial charge in [-0.3, -0.25) is 9.78 Å². The molecule has 1 aromatic heterocycles. The van der Waals surface area contributed by atoms with Crippen LogP contribution in [-0.2, 0) is 11.2 Å². The van der Waals surface area contributed by atoms with E-state index in [1.54, 1.807) is 0 Å². The Morgan fingerprint density at radius 3 is 2.59 bits per heavy atom. The smallest absolute Gasteiger partial charge is 0.311 e. The summed E-state index contributed by atoms with van der Waals surface area (Å²) >= 11 is 6.24. The molecule has 0 spiro atoms. The first-order valence-corrected chi connectivity index (χ1v) is 8.01. The fraction of sp³-hybridized carbons (Fsp3) is 0.444. The van der Waals surface area contributed by atoms with E-state index in [2.05, 4.69) is 4.98 Å². The second-order valence-electron chi connectivity index (χ2n) is 6.06. The first-order valence-electron chi connectivity index (χ1n) is 7.63. The molecule has 0 aliphatic rings. The first-order chi connectivity index (χ1) is 10.3. The third-order valence-corrected chi connectivity index (χ3v) is 4.08. The standard InChI is InChI=1S/C18H22ClNO2/c1-6-15-12(5)18(22-17(21)7-10(2)3)13-9-14(19)11(4)8-16(13)20-15/h8-10H,6-7H2,1-5H3. The number of benzene rings is 1. The number of esters is 1. The summed E-state index contributed by atoms with van der Waals surface area (Å²) in [7, 11) is 0. The molecule has 0 radical (unpaired) electrons. The van der Waals surface area contributed by atoms with Crippen LogP contribution in [0, 0.1) is 19.8 Å². The maximum absolute atomic E-state index is 12.1. The topological polar surface area (TPSA) is 39.2 Å². The average Bonchev–Trinajstić information content (AvgIpc) is 2.43. The van der Waals surface area contributed by atoms with E-state index in [4.69, 9.17) is 16.3 Å². The molecule has 1 heterocycles. The number of aromatic nitrogens is 1. The van der Waals surface area contributed by atoms with Gasteiger partial charge in [0.15, 0.2) is 0 Å². The van der Waals surface area contributed by atoms with Gasteiger partial charge in [0.2, 0.25) is 0 Å². The van der Waals surface area contributed by atoms with Crippen molar-refractivity contribution in [2.24, 2.45) is 5.92 Å². The Morgan fingerprint density at radius 1 is 1.32 bits per heavy atom. The predicted molar refractivity (Wildman–Crippen MR) is 90.7 cm³/mol. The van der Waals surface area contributed by atoms with E-state index in [1.807, 2.05) is 46.8 Å². The minimum absolute atomic E-state index is 0.218. The fourth-order valence-electron chi connectivity index (χ4n) is 2.47. The summed E-state index contributed by atoms with van der Waals surface area (Å²) < 4.78 is 5.67. The number of carbonyl (C=O) groups is 1. The Hall–Kier alpha value is -1.61. The van der Waals surface area contributed by atoms with Gasteiger partial charge >= 0.3 is 5.97 Å². The van der Waals surface area contributed by atoms with Crippen molar-refractivity contribution in [2.75, 3.05) is 0 Å². The van der Waals surface area contributed by atoms with E-state index in [1.165, 1.54) is 0 Å². The quantitative estimate of drug-likeness (QED) is 0.743. The normalized spacial score (nSPS) is 11.2. The summed E-state index contributed by atoms with van der Waals surface area (Å²) in [6, 6.07) is 3.78. The molecule has 3 nitrogen and oxygen atoms in total. The number of aryl methyl sites for hydroxylation is 2. The van der Waals surface area contributed by atoms with Gasteiger partial charge in [0.1, 0.15) is 5.75 Å². The van der Waals surface area contributed by atoms with Crippen molar-refractivity contribution < 1.29 is 9.53 Å². The van der Waals surface area contributed by atoms with E-state index in [9.17, 15) is 4.79 Å². The van der Waals surface area contributed by atoms with Crippen LogP contribution in [0.25, 0.3) is 10.9 Å². The molecule has 22 heavy (non-hydrogen) atoms.